The first kappa shape index (κ1) is 18.1. The molecule has 2 heterocycles. The zero-order valence-corrected chi connectivity index (χ0v) is 16.4. The van der Waals surface area contributed by atoms with Crippen molar-refractivity contribution < 1.29 is 8.42 Å². The summed E-state index contributed by atoms with van der Waals surface area (Å²) in [5.74, 6) is 0. The second-order valence-corrected chi connectivity index (χ2v) is 9.37. The Labute approximate surface area is 156 Å². The molecule has 0 aliphatic heterocycles. The molecule has 0 atom stereocenters. The number of nitrogens with zero attached hydrogens (tertiary/aromatic N) is 1. The van der Waals surface area contributed by atoms with E-state index in [1.165, 1.54) is 11.3 Å². The average Bonchev–Trinajstić information content (AvgIpc) is 3.09. The fraction of sp³-hybridized carbons (Fsp3) is 0.235. The number of hydrogen-bond acceptors (Lipinski definition) is 4. The highest BCUT2D eigenvalue weighted by Gasteiger charge is 2.27. The Balaban J connectivity index is 1.95. The Bertz CT molecular complexity index is 1010. The van der Waals surface area contributed by atoms with Gasteiger partial charge in [-0.3, -0.25) is 5.10 Å². The van der Waals surface area contributed by atoms with E-state index in [4.69, 9.17) is 11.6 Å². The minimum atomic E-state index is -3.67. The van der Waals surface area contributed by atoms with Crippen molar-refractivity contribution in [3.8, 4) is 11.3 Å². The largest absolute Gasteiger partial charge is 0.282 e. The summed E-state index contributed by atoms with van der Waals surface area (Å²) < 4.78 is 28.6. The molecule has 5 nitrogen and oxygen atoms in total. The van der Waals surface area contributed by atoms with Crippen LogP contribution >= 0.6 is 22.9 Å². The SMILES string of the molecule is Cc1cc(-c2c(C)sc(C)c2S(=O)(=O)NCc2ccc(Cl)cc2)n[nH]1. The quantitative estimate of drug-likeness (QED) is 0.679. The Hall–Kier alpha value is -1.67. The summed E-state index contributed by atoms with van der Waals surface area (Å²) in [4.78, 5) is 1.98. The van der Waals surface area contributed by atoms with Gasteiger partial charge in [-0.2, -0.15) is 5.10 Å². The molecule has 0 spiro atoms. The molecule has 0 aliphatic rings. The van der Waals surface area contributed by atoms with Crippen LogP contribution in [-0.4, -0.2) is 18.6 Å². The van der Waals surface area contributed by atoms with E-state index in [1.54, 1.807) is 24.3 Å². The fourth-order valence-electron chi connectivity index (χ4n) is 2.68. The number of hydrogen-bond donors (Lipinski definition) is 2. The number of sulfonamides is 1. The van der Waals surface area contributed by atoms with Crippen LogP contribution in [0.1, 0.15) is 21.0 Å². The average molecular weight is 396 g/mol. The number of aromatic amines is 1. The summed E-state index contributed by atoms with van der Waals surface area (Å²) in [6, 6.07) is 8.93. The summed E-state index contributed by atoms with van der Waals surface area (Å²) in [6.07, 6.45) is 0. The van der Waals surface area contributed by atoms with Gasteiger partial charge in [0, 0.05) is 32.6 Å². The molecular weight excluding hydrogens is 378 g/mol. The summed E-state index contributed by atoms with van der Waals surface area (Å²) >= 11 is 7.32. The van der Waals surface area contributed by atoms with E-state index in [2.05, 4.69) is 14.9 Å². The van der Waals surface area contributed by atoms with Crippen LogP contribution in [0.3, 0.4) is 0 Å². The van der Waals surface area contributed by atoms with Crippen molar-refractivity contribution in [3.05, 3.63) is 56.4 Å². The number of halogens is 1. The molecule has 0 radical (unpaired) electrons. The molecule has 2 N–H and O–H groups in total. The van der Waals surface area contributed by atoms with Gasteiger partial charge in [-0.05, 0) is 44.5 Å². The van der Waals surface area contributed by atoms with E-state index >= 15 is 0 Å². The van der Waals surface area contributed by atoms with Crippen molar-refractivity contribution in [2.45, 2.75) is 32.2 Å². The Kier molecular flexibility index (Phi) is 5.02. The van der Waals surface area contributed by atoms with E-state index in [0.29, 0.717) is 21.2 Å². The first-order valence-corrected chi connectivity index (χ1v) is 10.3. The summed E-state index contributed by atoms with van der Waals surface area (Å²) in [7, 11) is -3.67. The van der Waals surface area contributed by atoms with Crippen LogP contribution < -0.4 is 4.72 Å². The van der Waals surface area contributed by atoms with Crippen LogP contribution in [0, 0.1) is 20.8 Å². The summed E-state index contributed by atoms with van der Waals surface area (Å²) in [5, 5.41) is 7.73. The number of rotatable bonds is 5. The highest BCUT2D eigenvalue weighted by Crippen LogP contribution is 2.38. The standard InChI is InChI=1S/C17H18ClN3O2S2/c1-10-8-15(21-20-10)16-11(2)24-12(3)17(16)25(22,23)19-9-13-4-6-14(18)7-5-13/h4-8,19H,9H2,1-3H3,(H,20,21). The van der Waals surface area contributed by atoms with Gasteiger partial charge >= 0.3 is 0 Å². The van der Waals surface area contributed by atoms with Gasteiger partial charge in [0.1, 0.15) is 4.90 Å². The highest BCUT2D eigenvalue weighted by atomic mass is 35.5. The van der Waals surface area contributed by atoms with Crippen LogP contribution in [-0.2, 0) is 16.6 Å². The number of nitrogens with one attached hydrogen (secondary N) is 2. The molecule has 0 amide bonds. The van der Waals surface area contributed by atoms with Crippen molar-refractivity contribution in [1.82, 2.24) is 14.9 Å². The van der Waals surface area contributed by atoms with Gasteiger partial charge in [0.05, 0.1) is 5.69 Å². The molecule has 0 fully saturated rings. The lowest BCUT2D eigenvalue weighted by Crippen LogP contribution is -2.24. The Morgan fingerprint density at radius 1 is 1.16 bits per heavy atom. The third kappa shape index (κ3) is 3.79. The van der Waals surface area contributed by atoms with Crippen LogP contribution in [0.2, 0.25) is 5.02 Å². The Morgan fingerprint density at radius 2 is 1.84 bits per heavy atom. The monoisotopic (exact) mass is 395 g/mol. The number of benzene rings is 1. The zero-order valence-electron chi connectivity index (χ0n) is 14.1. The van der Waals surface area contributed by atoms with Gasteiger partial charge in [0.25, 0.3) is 0 Å². The maximum atomic E-state index is 12.9. The highest BCUT2D eigenvalue weighted by molar-refractivity contribution is 7.89. The second-order valence-electron chi connectivity index (χ2n) is 5.81. The van der Waals surface area contributed by atoms with Crippen molar-refractivity contribution >= 4 is 33.0 Å². The first-order chi connectivity index (χ1) is 11.8. The summed E-state index contributed by atoms with van der Waals surface area (Å²) in [6.45, 7) is 5.82. The van der Waals surface area contributed by atoms with Crippen LogP contribution in [0.15, 0.2) is 35.2 Å². The predicted octanol–water partition coefficient (Wildman–Crippen LogP) is 4.20. The molecule has 3 rings (SSSR count). The van der Waals surface area contributed by atoms with Crippen LogP contribution in [0.5, 0.6) is 0 Å². The third-order valence-electron chi connectivity index (χ3n) is 3.82. The number of aryl methyl sites for hydroxylation is 3. The van der Waals surface area contributed by atoms with E-state index in [-0.39, 0.29) is 6.54 Å². The molecule has 8 heteroatoms. The fourth-order valence-corrected chi connectivity index (χ4v) is 5.70. The van der Waals surface area contributed by atoms with E-state index in [0.717, 1.165) is 21.0 Å². The Morgan fingerprint density at radius 3 is 2.44 bits per heavy atom. The van der Waals surface area contributed by atoms with Crippen molar-refractivity contribution in [2.24, 2.45) is 0 Å². The number of thiophene rings is 1. The maximum absolute atomic E-state index is 12.9. The molecular formula is C17H18ClN3O2S2. The lowest BCUT2D eigenvalue weighted by molar-refractivity contribution is 0.581. The topological polar surface area (TPSA) is 74.8 Å². The second kappa shape index (κ2) is 6.92. The smallest absolute Gasteiger partial charge is 0.242 e. The maximum Gasteiger partial charge on any atom is 0.242 e. The lowest BCUT2D eigenvalue weighted by Gasteiger charge is -2.09. The number of H-pyrrole nitrogens is 1. The van der Waals surface area contributed by atoms with E-state index in [1.807, 2.05) is 26.8 Å². The van der Waals surface area contributed by atoms with E-state index in [9.17, 15) is 8.42 Å². The molecule has 2 aromatic heterocycles. The lowest BCUT2D eigenvalue weighted by atomic mass is 10.2. The normalized spacial score (nSPS) is 11.8. The first-order valence-electron chi connectivity index (χ1n) is 7.64. The molecule has 1 aromatic carbocycles. The molecule has 0 unspecified atom stereocenters. The minimum absolute atomic E-state index is 0.201. The molecule has 0 saturated carbocycles. The van der Waals surface area contributed by atoms with E-state index < -0.39 is 10.0 Å². The van der Waals surface area contributed by atoms with Crippen LogP contribution in [0.4, 0.5) is 0 Å². The van der Waals surface area contributed by atoms with Gasteiger partial charge in [0.15, 0.2) is 0 Å². The molecule has 0 aliphatic carbocycles. The molecule has 3 aromatic rings. The molecule has 0 saturated heterocycles. The van der Waals surface area contributed by atoms with Crippen molar-refractivity contribution in [1.29, 1.82) is 0 Å². The van der Waals surface area contributed by atoms with Gasteiger partial charge in [-0.25, -0.2) is 13.1 Å². The minimum Gasteiger partial charge on any atom is -0.282 e. The molecule has 25 heavy (non-hydrogen) atoms. The summed E-state index contributed by atoms with van der Waals surface area (Å²) in [5.41, 5.74) is 3.03. The van der Waals surface area contributed by atoms with Crippen molar-refractivity contribution in [2.75, 3.05) is 0 Å². The van der Waals surface area contributed by atoms with Crippen molar-refractivity contribution in [3.63, 3.8) is 0 Å². The van der Waals surface area contributed by atoms with Gasteiger partial charge in [-0.1, -0.05) is 23.7 Å². The molecule has 132 valence electrons. The van der Waals surface area contributed by atoms with Gasteiger partial charge < -0.3 is 0 Å². The van der Waals surface area contributed by atoms with Gasteiger partial charge in [0.2, 0.25) is 10.0 Å². The zero-order chi connectivity index (χ0) is 18.2. The van der Waals surface area contributed by atoms with Gasteiger partial charge in [-0.15, -0.1) is 11.3 Å². The molecule has 0 bridgehead atoms. The number of aromatic nitrogens is 2. The third-order valence-corrected chi connectivity index (χ3v) is 6.79. The predicted molar refractivity (Wildman–Crippen MR) is 102 cm³/mol. The van der Waals surface area contributed by atoms with Crippen LogP contribution in [0.25, 0.3) is 11.3 Å².